The van der Waals surface area contributed by atoms with Crippen LogP contribution in [0.2, 0.25) is 0 Å². The second kappa shape index (κ2) is 7.23. The Morgan fingerprint density at radius 2 is 2.25 bits per heavy atom. The van der Waals surface area contributed by atoms with Gasteiger partial charge in [0.1, 0.15) is 0 Å². The van der Waals surface area contributed by atoms with E-state index in [0.717, 1.165) is 38.8 Å². The number of rotatable bonds is 7. The molecule has 1 atom stereocenters. The fourth-order valence-electron chi connectivity index (χ4n) is 2.53. The van der Waals surface area contributed by atoms with Crippen LogP contribution < -0.4 is 15.0 Å². The third-order valence-electron chi connectivity index (χ3n) is 3.45. The molecule has 0 saturated carbocycles. The van der Waals surface area contributed by atoms with E-state index in [9.17, 15) is 0 Å². The molecule has 7 nitrogen and oxygen atoms in total. The molecule has 0 aromatic carbocycles. The van der Waals surface area contributed by atoms with Crippen LogP contribution in [0.1, 0.15) is 32.6 Å². The van der Waals surface area contributed by atoms with Gasteiger partial charge in [0.05, 0.1) is 7.11 Å². The number of aromatic nitrogens is 3. The van der Waals surface area contributed by atoms with Gasteiger partial charge in [0.25, 0.3) is 0 Å². The van der Waals surface area contributed by atoms with Crippen LogP contribution in [0.15, 0.2) is 0 Å². The normalized spacial score (nSPS) is 18.4. The quantitative estimate of drug-likeness (QED) is 0.773. The fraction of sp³-hybridized carbons (Fsp3) is 0.769. The van der Waals surface area contributed by atoms with E-state index in [1.165, 1.54) is 0 Å². The minimum Gasteiger partial charge on any atom is -0.467 e. The molecule has 1 aromatic heterocycles. The van der Waals surface area contributed by atoms with Crippen molar-refractivity contribution in [3.05, 3.63) is 0 Å². The first-order valence-corrected chi connectivity index (χ1v) is 7.20. The highest BCUT2D eigenvalue weighted by Gasteiger charge is 2.27. The summed E-state index contributed by atoms with van der Waals surface area (Å²) in [6.07, 6.45) is 4.01. The fourth-order valence-corrected chi connectivity index (χ4v) is 2.53. The molecule has 0 amide bonds. The van der Waals surface area contributed by atoms with Gasteiger partial charge < -0.3 is 20.1 Å². The minimum atomic E-state index is 0.230. The van der Waals surface area contributed by atoms with Crippen LogP contribution in [-0.4, -0.2) is 52.9 Å². The monoisotopic (exact) mass is 281 g/mol. The summed E-state index contributed by atoms with van der Waals surface area (Å²) in [5, 5.41) is 12.1. The summed E-state index contributed by atoms with van der Waals surface area (Å²) in [4.78, 5) is 15.2. The summed E-state index contributed by atoms with van der Waals surface area (Å²) in [6.45, 7) is 3.92. The number of nitrogens with zero attached hydrogens (tertiary/aromatic N) is 4. The third kappa shape index (κ3) is 3.47. The first-order chi connectivity index (χ1) is 9.78. The lowest BCUT2D eigenvalue weighted by Crippen LogP contribution is -2.31. The molecule has 1 aliphatic rings. The van der Waals surface area contributed by atoms with Crippen LogP contribution in [0, 0.1) is 0 Å². The lowest BCUT2D eigenvalue weighted by Gasteiger charge is -2.24. The molecule has 1 unspecified atom stereocenters. The number of aliphatic hydroxyl groups excluding tert-OH is 1. The molecule has 112 valence electrons. The summed E-state index contributed by atoms with van der Waals surface area (Å²) in [5.41, 5.74) is 0. The SMILES string of the molecule is CCNc1nc(OC)nc(N2CCCC2CCCO)n1. The first kappa shape index (κ1) is 14.8. The van der Waals surface area contributed by atoms with Gasteiger partial charge in [-0.25, -0.2) is 0 Å². The molecule has 2 heterocycles. The van der Waals surface area contributed by atoms with Gasteiger partial charge in [0.15, 0.2) is 0 Å². The first-order valence-electron chi connectivity index (χ1n) is 7.20. The van der Waals surface area contributed by atoms with Crippen molar-refractivity contribution in [2.75, 3.05) is 37.0 Å². The van der Waals surface area contributed by atoms with Crippen molar-refractivity contribution in [1.29, 1.82) is 0 Å². The van der Waals surface area contributed by atoms with Gasteiger partial charge in [-0.2, -0.15) is 15.0 Å². The van der Waals surface area contributed by atoms with Gasteiger partial charge in [-0.1, -0.05) is 0 Å². The lowest BCUT2D eigenvalue weighted by molar-refractivity contribution is 0.279. The van der Waals surface area contributed by atoms with Crippen molar-refractivity contribution in [2.24, 2.45) is 0 Å². The smallest absolute Gasteiger partial charge is 0.322 e. The Bertz CT molecular complexity index is 429. The molecule has 1 fully saturated rings. The predicted molar refractivity (Wildman–Crippen MR) is 77.2 cm³/mol. The van der Waals surface area contributed by atoms with E-state index in [2.05, 4.69) is 25.2 Å². The Morgan fingerprint density at radius 3 is 2.95 bits per heavy atom. The van der Waals surface area contributed by atoms with Gasteiger partial charge >= 0.3 is 6.01 Å². The zero-order chi connectivity index (χ0) is 14.4. The summed E-state index contributed by atoms with van der Waals surface area (Å²) in [7, 11) is 1.56. The molecule has 7 heteroatoms. The van der Waals surface area contributed by atoms with Crippen molar-refractivity contribution in [3.63, 3.8) is 0 Å². The van der Waals surface area contributed by atoms with Crippen molar-refractivity contribution in [2.45, 2.75) is 38.6 Å². The molecule has 1 aliphatic heterocycles. The highest BCUT2D eigenvalue weighted by molar-refractivity contribution is 5.40. The highest BCUT2D eigenvalue weighted by atomic mass is 16.5. The molecule has 1 saturated heterocycles. The lowest BCUT2D eigenvalue weighted by atomic mass is 10.1. The Hall–Kier alpha value is -1.63. The zero-order valence-corrected chi connectivity index (χ0v) is 12.2. The number of ether oxygens (including phenoxy) is 1. The number of aliphatic hydroxyl groups is 1. The van der Waals surface area contributed by atoms with Crippen LogP contribution in [0.4, 0.5) is 11.9 Å². The molecule has 1 aromatic rings. The molecule has 0 bridgehead atoms. The molecule has 20 heavy (non-hydrogen) atoms. The van der Waals surface area contributed by atoms with E-state index in [0.29, 0.717) is 23.9 Å². The number of hydrogen-bond donors (Lipinski definition) is 2. The van der Waals surface area contributed by atoms with Crippen LogP contribution >= 0.6 is 0 Å². The second-order valence-corrected chi connectivity index (χ2v) is 4.83. The number of nitrogens with one attached hydrogen (secondary N) is 1. The Labute approximate surface area is 119 Å². The minimum absolute atomic E-state index is 0.230. The standard InChI is InChI=1S/C13H23N5O2/c1-3-14-11-15-12(17-13(16-11)20-2)18-8-4-6-10(18)7-5-9-19/h10,19H,3-9H2,1-2H3,(H,14,15,16,17). The molecule has 0 radical (unpaired) electrons. The Morgan fingerprint density at radius 1 is 1.40 bits per heavy atom. The van der Waals surface area contributed by atoms with E-state index in [1.807, 2.05) is 6.92 Å². The van der Waals surface area contributed by atoms with Crippen molar-refractivity contribution in [1.82, 2.24) is 15.0 Å². The van der Waals surface area contributed by atoms with Crippen LogP contribution in [0.25, 0.3) is 0 Å². The van der Waals surface area contributed by atoms with Crippen LogP contribution in [-0.2, 0) is 0 Å². The average molecular weight is 281 g/mol. The molecule has 2 rings (SSSR count). The van der Waals surface area contributed by atoms with Crippen LogP contribution in [0.5, 0.6) is 6.01 Å². The average Bonchev–Trinajstić information content (AvgIpc) is 2.93. The van der Waals surface area contributed by atoms with Gasteiger partial charge in [-0.15, -0.1) is 0 Å². The second-order valence-electron chi connectivity index (χ2n) is 4.83. The maximum atomic E-state index is 8.99. The number of anilines is 2. The van der Waals surface area contributed by atoms with Crippen molar-refractivity contribution >= 4 is 11.9 Å². The number of methoxy groups -OCH3 is 1. The Kier molecular flexibility index (Phi) is 5.34. The predicted octanol–water partition coefficient (Wildman–Crippen LogP) is 1.05. The summed E-state index contributed by atoms with van der Waals surface area (Å²) >= 11 is 0. The third-order valence-corrected chi connectivity index (χ3v) is 3.45. The van der Waals surface area contributed by atoms with Crippen LogP contribution in [0.3, 0.4) is 0 Å². The maximum absolute atomic E-state index is 8.99. The molecular weight excluding hydrogens is 258 g/mol. The van der Waals surface area contributed by atoms with Gasteiger partial charge in [0.2, 0.25) is 11.9 Å². The largest absolute Gasteiger partial charge is 0.467 e. The van der Waals surface area contributed by atoms with Crippen molar-refractivity contribution in [3.8, 4) is 6.01 Å². The van der Waals surface area contributed by atoms with E-state index in [1.54, 1.807) is 7.11 Å². The molecule has 2 N–H and O–H groups in total. The maximum Gasteiger partial charge on any atom is 0.322 e. The Balaban J connectivity index is 2.19. The highest BCUT2D eigenvalue weighted by Crippen LogP contribution is 2.26. The van der Waals surface area contributed by atoms with E-state index in [4.69, 9.17) is 9.84 Å². The molecule has 0 spiro atoms. The van der Waals surface area contributed by atoms with Gasteiger partial charge in [-0.05, 0) is 32.6 Å². The summed E-state index contributed by atoms with van der Waals surface area (Å²) < 4.78 is 5.15. The van der Waals surface area contributed by atoms with Gasteiger partial charge in [0, 0.05) is 25.7 Å². The molecular formula is C13H23N5O2. The summed E-state index contributed by atoms with van der Waals surface area (Å²) in [6, 6.07) is 0.725. The zero-order valence-electron chi connectivity index (χ0n) is 12.2. The summed E-state index contributed by atoms with van der Waals surface area (Å²) in [5.74, 6) is 1.20. The number of hydrogen-bond acceptors (Lipinski definition) is 7. The van der Waals surface area contributed by atoms with Gasteiger partial charge in [-0.3, -0.25) is 0 Å². The molecule has 0 aliphatic carbocycles. The van der Waals surface area contributed by atoms with E-state index in [-0.39, 0.29) is 6.61 Å². The van der Waals surface area contributed by atoms with Crippen molar-refractivity contribution < 1.29 is 9.84 Å². The topological polar surface area (TPSA) is 83.4 Å². The van der Waals surface area contributed by atoms with E-state index < -0.39 is 0 Å². The van der Waals surface area contributed by atoms with E-state index >= 15 is 0 Å².